The second kappa shape index (κ2) is 13.0. The van der Waals surface area contributed by atoms with Gasteiger partial charge in [-0.3, -0.25) is 19.1 Å². The summed E-state index contributed by atoms with van der Waals surface area (Å²) in [5.41, 5.74) is 1.17. The minimum absolute atomic E-state index is 0.0576. The number of nitrogens with one attached hydrogen (secondary N) is 1. The van der Waals surface area contributed by atoms with E-state index in [-0.39, 0.29) is 45.9 Å². The Balaban J connectivity index is 1.38. The van der Waals surface area contributed by atoms with Crippen molar-refractivity contribution in [2.75, 3.05) is 11.0 Å². The number of hydrogen-bond acceptors (Lipinski definition) is 5. The van der Waals surface area contributed by atoms with E-state index in [0.717, 1.165) is 23.1 Å². The van der Waals surface area contributed by atoms with Crippen molar-refractivity contribution in [2.45, 2.75) is 43.6 Å². The Morgan fingerprint density at radius 1 is 0.944 bits per heavy atom. The first-order chi connectivity index (χ1) is 25.5. The normalized spacial score (nSPS) is 17.9. The Labute approximate surface area is 314 Å². The number of nitrogens with zero attached hydrogens (tertiary/aromatic N) is 5. The molecule has 8 rings (SSSR count). The summed E-state index contributed by atoms with van der Waals surface area (Å²) in [6.07, 6.45) is -0.760. The summed E-state index contributed by atoms with van der Waals surface area (Å²) >= 11 is 13.2. The number of benzene rings is 3. The SMILES string of the molecule is Cn1nc(NS(C)(=O)=O)c2c(Cl)ccc(-c3cc(-c4ccccc4Cl)cnc3C(Cc3cc(F)cc(F)c3)Cn3nc(C(F)F)c4c3C(F)(F)[C@@H]3C[C@H]43)c21. The van der Waals surface area contributed by atoms with Gasteiger partial charge in [0.25, 0.3) is 12.3 Å². The van der Waals surface area contributed by atoms with E-state index in [1.54, 1.807) is 43.4 Å². The van der Waals surface area contributed by atoms with Gasteiger partial charge in [0.2, 0.25) is 10.0 Å². The number of pyridine rings is 1. The van der Waals surface area contributed by atoms with Crippen LogP contribution in [0.5, 0.6) is 0 Å². The molecule has 54 heavy (non-hydrogen) atoms. The van der Waals surface area contributed by atoms with Crippen LogP contribution in [0.2, 0.25) is 10.0 Å². The zero-order chi connectivity index (χ0) is 38.4. The van der Waals surface area contributed by atoms with Crippen LogP contribution in [0, 0.1) is 17.6 Å². The average Bonchev–Trinajstić information content (AvgIpc) is 3.63. The molecule has 8 nitrogen and oxygen atoms in total. The zero-order valence-corrected chi connectivity index (χ0v) is 30.6. The van der Waals surface area contributed by atoms with E-state index >= 15 is 8.78 Å². The van der Waals surface area contributed by atoms with Gasteiger partial charge in [-0.25, -0.2) is 26.0 Å². The van der Waals surface area contributed by atoms with Gasteiger partial charge in [0.15, 0.2) is 5.82 Å². The first-order valence-corrected chi connectivity index (χ1v) is 19.3. The Bertz CT molecular complexity index is 2590. The highest BCUT2D eigenvalue weighted by atomic mass is 35.5. The molecule has 0 aliphatic heterocycles. The summed E-state index contributed by atoms with van der Waals surface area (Å²) in [6, 6.07) is 14.8. The molecule has 0 saturated heterocycles. The van der Waals surface area contributed by atoms with E-state index in [1.165, 1.54) is 16.9 Å². The molecule has 0 bridgehead atoms. The molecule has 0 spiro atoms. The monoisotopic (exact) mass is 804 g/mol. The van der Waals surface area contributed by atoms with Crippen molar-refractivity contribution in [3.8, 4) is 22.3 Å². The molecule has 3 heterocycles. The molecule has 1 N–H and O–H groups in total. The molecular weight excluding hydrogens is 777 g/mol. The Hall–Kier alpha value is -4.60. The maximum atomic E-state index is 15.8. The van der Waals surface area contributed by atoms with Crippen LogP contribution in [0.25, 0.3) is 33.2 Å². The summed E-state index contributed by atoms with van der Waals surface area (Å²) in [4.78, 5) is 4.83. The lowest BCUT2D eigenvalue weighted by atomic mass is 9.88. The lowest BCUT2D eigenvalue weighted by Gasteiger charge is -2.24. The molecule has 17 heteroatoms. The van der Waals surface area contributed by atoms with Crippen molar-refractivity contribution in [1.82, 2.24) is 24.5 Å². The lowest BCUT2D eigenvalue weighted by Crippen LogP contribution is -2.23. The smallest absolute Gasteiger partial charge is 0.266 e. The van der Waals surface area contributed by atoms with E-state index in [2.05, 4.69) is 14.9 Å². The predicted octanol–water partition coefficient (Wildman–Crippen LogP) is 9.63. The molecule has 3 atom stereocenters. The highest BCUT2D eigenvalue weighted by Crippen LogP contribution is 2.68. The fourth-order valence-electron chi connectivity index (χ4n) is 7.77. The van der Waals surface area contributed by atoms with Crippen LogP contribution in [0.3, 0.4) is 0 Å². The van der Waals surface area contributed by atoms with E-state index in [4.69, 9.17) is 28.2 Å². The molecule has 0 radical (unpaired) electrons. The minimum atomic E-state index is -3.81. The van der Waals surface area contributed by atoms with Gasteiger partial charge in [0, 0.05) is 64.0 Å². The quantitative estimate of drug-likeness (QED) is 0.139. The van der Waals surface area contributed by atoms with Gasteiger partial charge in [-0.2, -0.15) is 19.0 Å². The summed E-state index contributed by atoms with van der Waals surface area (Å²) in [5.74, 6) is -8.10. The third-order valence-electron chi connectivity index (χ3n) is 9.96. The fourth-order valence-corrected chi connectivity index (χ4v) is 8.75. The number of halogens is 8. The number of aromatic nitrogens is 5. The Morgan fingerprint density at radius 3 is 2.35 bits per heavy atom. The van der Waals surface area contributed by atoms with Crippen LogP contribution in [0.15, 0.2) is 66.9 Å². The average molecular weight is 806 g/mol. The van der Waals surface area contributed by atoms with E-state index in [0.29, 0.717) is 38.9 Å². The Morgan fingerprint density at radius 2 is 1.67 bits per heavy atom. The minimum Gasteiger partial charge on any atom is -0.266 e. The number of anilines is 1. The molecule has 3 aromatic carbocycles. The first-order valence-electron chi connectivity index (χ1n) is 16.6. The third-order valence-corrected chi connectivity index (χ3v) is 11.2. The Kier molecular flexibility index (Phi) is 8.77. The van der Waals surface area contributed by atoms with Crippen molar-refractivity contribution < 1.29 is 34.8 Å². The van der Waals surface area contributed by atoms with Gasteiger partial charge in [-0.1, -0.05) is 47.5 Å². The topological polar surface area (TPSA) is 94.7 Å². The standard InChI is InChI=1S/C37H28Cl2F6N6O2S/c1-50-33-23(7-8-28(39)30(33)36(48-50)49-54(2,52)53)24-12-18(22-5-3-4-6-27(22)38)15-46-31(24)19(9-17-10-20(40)13-21(41)11-17)16-51-34-29(32(47-51)35(42)43)25-14-26(25)37(34,44)45/h3-8,10-13,15,19,25-26,35H,9,14,16H2,1-2H3,(H,48,49)/t19?,25-,26+/m0/s1. The van der Waals surface area contributed by atoms with Gasteiger partial charge in [-0.05, 0) is 54.7 Å². The molecule has 3 aromatic heterocycles. The van der Waals surface area contributed by atoms with Crippen molar-refractivity contribution in [1.29, 1.82) is 0 Å². The number of hydrogen-bond donors (Lipinski definition) is 1. The fraction of sp³-hybridized carbons (Fsp3) is 0.270. The molecule has 2 aliphatic rings. The van der Waals surface area contributed by atoms with Crippen LogP contribution in [-0.2, 0) is 36.0 Å². The van der Waals surface area contributed by atoms with Gasteiger partial charge in [0.1, 0.15) is 23.0 Å². The number of aryl methyl sites for hydroxylation is 1. The van der Waals surface area contributed by atoms with Crippen LogP contribution < -0.4 is 4.72 Å². The second-order valence-electron chi connectivity index (χ2n) is 13.7. The van der Waals surface area contributed by atoms with Crippen LogP contribution >= 0.6 is 23.2 Å². The van der Waals surface area contributed by atoms with E-state index in [1.807, 2.05) is 0 Å². The van der Waals surface area contributed by atoms with Crippen molar-refractivity contribution >= 4 is 49.9 Å². The molecular formula is C37H28Cl2F6N6O2S. The highest BCUT2D eigenvalue weighted by Gasteiger charge is 2.67. The number of sulfonamides is 1. The van der Waals surface area contributed by atoms with E-state index in [9.17, 15) is 26.0 Å². The maximum Gasteiger partial charge on any atom is 0.293 e. The maximum absolute atomic E-state index is 15.8. The van der Waals surface area contributed by atoms with E-state index < -0.39 is 69.7 Å². The summed E-state index contributed by atoms with van der Waals surface area (Å²) in [7, 11) is -2.24. The van der Waals surface area contributed by atoms with Gasteiger partial charge in [-0.15, -0.1) is 0 Å². The molecule has 280 valence electrons. The highest BCUT2D eigenvalue weighted by molar-refractivity contribution is 7.92. The summed E-state index contributed by atoms with van der Waals surface area (Å²) in [5, 5.41) is 9.20. The molecule has 0 amide bonds. The number of rotatable bonds is 10. The largest absolute Gasteiger partial charge is 0.293 e. The van der Waals surface area contributed by atoms with Crippen LogP contribution in [0.4, 0.5) is 32.2 Å². The molecule has 2 aliphatic carbocycles. The van der Waals surface area contributed by atoms with Crippen molar-refractivity contribution in [2.24, 2.45) is 13.0 Å². The first kappa shape index (κ1) is 36.4. The van der Waals surface area contributed by atoms with Gasteiger partial charge < -0.3 is 0 Å². The van der Waals surface area contributed by atoms with Crippen molar-refractivity contribution in [3.05, 3.63) is 117 Å². The zero-order valence-electron chi connectivity index (χ0n) is 28.3. The predicted molar refractivity (Wildman–Crippen MR) is 193 cm³/mol. The number of fused-ring (bicyclic) bond motifs is 4. The summed E-state index contributed by atoms with van der Waals surface area (Å²) in [6.45, 7) is -0.420. The molecule has 1 saturated carbocycles. The third kappa shape index (κ3) is 6.29. The van der Waals surface area contributed by atoms with Crippen molar-refractivity contribution in [3.63, 3.8) is 0 Å². The molecule has 1 fully saturated rings. The molecule has 1 unspecified atom stereocenters. The molecule has 6 aromatic rings. The van der Waals surface area contributed by atoms with Crippen LogP contribution in [-0.4, -0.2) is 39.2 Å². The second-order valence-corrected chi connectivity index (χ2v) is 16.2. The summed E-state index contributed by atoms with van der Waals surface area (Å²) < 4.78 is 119. The number of alkyl halides is 4. The van der Waals surface area contributed by atoms with Crippen LogP contribution in [0.1, 0.15) is 52.9 Å². The van der Waals surface area contributed by atoms with Gasteiger partial charge >= 0.3 is 0 Å². The lowest BCUT2D eigenvalue weighted by molar-refractivity contribution is -0.0313. The van der Waals surface area contributed by atoms with Gasteiger partial charge in [0.05, 0.1) is 34.4 Å².